The Morgan fingerprint density at radius 1 is 1.27 bits per heavy atom. The lowest BCUT2D eigenvalue weighted by atomic mass is 10.2. The molecule has 2 aromatic heterocycles. The minimum atomic E-state index is -0.380. The molecule has 0 amide bonds. The van der Waals surface area contributed by atoms with Crippen LogP contribution in [0.5, 0.6) is 0 Å². The van der Waals surface area contributed by atoms with Gasteiger partial charge in [0, 0.05) is 18.1 Å². The molecule has 7 heteroatoms. The molecule has 0 bridgehead atoms. The van der Waals surface area contributed by atoms with Gasteiger partial charge in [-0.3, -0.25) is 9.36 Å². The average molecular weight is 373 g/mol. The van der Waals surface area contributed by atoms with Crippen molar-refractivity contribution in [3.63, 3.8) is 0 Å². The number of imidazole rings is 1. The van der Waals surface area contributed by atoms with Crippen molar-refractivity contribution in [2.45, 2.75) is 39.8 Å². The third-order valence-electron chi connectivity index (χ3n) is 4.67. The van der Waals surface area contributed by atoms with Crippen LogP contribution in [0.15, 0.2) is 40.2 Å². The van der Waals surface area contributed by atoms with Crippen LogP contribution >= 0.6 is 11.6 Å². The zero-order valence-corrected chi connectivity index (χ0v) is 15.6. The van der Waals surface area contributed by atoms with Gasteiger partial charge in [0.25, 0.3) is 5.56 Å². The Balaban J connectivity index is 2.04. The summed E-state index contributed by atoms with van der Waals surface area (Å²) in [7, 11) is 0. The highest BCUT2D eigenvalue weighted by Gasteiger charge is 2.25. The summed E-state index contributed by atoms with van der Waals surface area (Å²) in [6, 6.07) is 7.06. The van der Waals surface area contributed by atoms with Crippen molar-refractivity contribution in [3.8, 4) is 5.69 Å². The lowest BCUT2D eigenvalue weighted by Gasteiger charge is -2.14. The molecule has 136 valence electrons. The minimum Gasteiger partial charge on any atom is -0.324 e. The van der Waals surface area contributed by atoms with Gasteiger partial charge in [-0.1, -0.05) is 31.5 Å². The van der Waals surface area contributed by atoms with Crippen molar-refractivity contribution in [1.29, 1.82) is 0 Å². The second-order valence-corrected chi connectivity index (χ2v) is 7.86. The fourth-order valence-corrected chi connectivity index (χ4v) is 3.46. The van der Waals surface area contributed by atoms with Crippen LogP contribution in [0.4, 0.5) is 0 Å². The summed E-state index contributed by atoms with van der Waals surface area (Å²) >= 11 is 6.13. The Kier molecular flexibility index (Phi) is 4.23. The molecule has 2 heterocycles. The second kappa shape index (κ2) is 6.43. The zero-order valence-electron chi connectivity index (χ0n) is 14.9. The maximum Gasteiger partial charge on any atom is 0.337 e. The zero-order chi connectivity index (χ0) is 18.4. The highest BCUT2D eigenvalue weighted by Crippen LogP contribution is 2.31. The first-order valence-electron chi connectivity index (χ1n) is 8.92. The number of aromatic nitrogens is 4. The van der Waals surface area contributed by atoms with E-state index >= 15 is 0 Å². The molecule has 3 aromatic rings. The van der Waals surface area contributed by atoms with Crippen LogP contribution < -0.4 is 11.2 Å². The molecule has 1 aromatic carbocycles. The van der Waals surface area contributed by atoms with E-state index in [1.54, 1.807) is 30.6 Å². The van der Waals surface area contributed by atoms with Crippen LogP contribution in [0.3, 0.4) is 0 Å². The van der Waals surface area contributed by atoms with Crippen molar-refractivity contribution in [2.75, 3.05) is 0 Å². The molecule has 0 spiro atoms. The molecular formula is C19H21ClN4O2. The van der Waals surface area contributed by atoms with Crippen LogP contribution in [0.25, 0.3) is 16.9 Å². The van der Waals surface area contributed by atoms with E-state index in [1.807, 2.05) is 18.4 Å². The summed E-state index contributed by atoms with van der Waals surface area (Å²) < 4.78 is 4.71. The van der Waals surface area contributed by atoms with Crippen molar-refractivity contribution in [3.05, 3.63) is 56.5 Å². The van der Waals surface area contributed by atoms with Gasteiger partial charge in [0.2, 0.25) is 0 Å². The van der Waals surface area contributed by atoms with E-state index in [0.717, 1.165) is 6.54 Å². The SMILES string of the molecule is CC(C)Cn1c(=O)c2c(ncn2CC2CC2)n(-c2cccc(Cl)c2)c1=O. The van der Waals surface area contributed by atoms with Crippen LogP contribution in [0, 0.1) is 11.8 Å². The van der Waals surface area contributed by atoms with E-state index in [4.69, 9.17) is 11.6 Å². The fraction of sp³-hybridized carbons (Fsp3) is 0.421. The lowest BCUT2D eigenvalue weighted by molar-refractivity contribution is 0.488. The largest absolute Gasteiger partial charge is 0.337 e. The van der Waals surface area contributed by atoms with E-state index < -0.39 is 0 Å². The summed E-state index contributed by atoms with van der Waals surface area (Å²) in [5.41, 5.74) is 0.840. The third-order valence-corrected chi connectivity index (χ3v) is 4.90. The van der Waals surface area contributed by atoms with Crippen LogP contribution in [-0.4, -0.2) is 18.7 Å². The van der Waals surface area contributed by atoms with Crippen molar-refractivity contribution in [2.24, 2.45) is 11.8 Å². The quantitative estimate of drug-likeness (QED) is 0.691. The van der Waals surface area contributed by atoms with E-state index in [0.29, 0.717) is 34.3 Å². The molecule has 0 aliphatic heterocycles. The van der Waals surface area contributed by atoms with Gasteiger partial charge in [-0.15, -0.1) is 0 Å². The molecule has 1 fully saturated rings. The van der Waals surface area contributed by atoms with Gasteiger partial charge in [-0.05, 0) is 42.9 Å². The Labute approximate surface area is 155 Å². The number of nitrogens with zero attached hydrogens (tertiary/aromatic N) is 4. The van der Waals surface area contributed by atoms with Gasteiger partial charge in [0.05, 0.1) is 12.0 Å². The Morgan fingerprint density at radius 2 is 2.04 bits per heavy atom. The minimum absolute atomic E-state index is 0.172. The van der Waals surface area contributed by atoms with Crippen molar-refractivity contribution < 1.29 is 0 Å². The molecule has 0 radical (unpaired) electrons. The highest BCUT2D eigenvalue weighted by molar-refractivity contribution is 6.30. The third kappa shape index (κ3) is 2.98. The smallest absolute Gasteiger partial charge is 0.324 e. The molecule has 6 nitrogen and oxygen atoms in total. The maximum atomic E-state index is 13.1. The lowest BCUT2D eigenvalue weighted by Crippen LogP contribution is -2.41. The summed E-state index contributed by atoms with van der Waals surface area (Å²) in [5, 5.41) is 0.529. The molecule has 4 rings (SSSR count). The molecule has 0 atom stereocenters. The molecule has 0 unspecified atom stereocenters. The van der Waals surface area contributed by atoms with Crippen LogP contribution in [0.1, 0.15) is 26.7 Å². The first-order chi connectivity index (χ1) is 12.5. The summed E-state index contributed by atoms with van der Waals surface area (Å²) in [5.74, 6) is 0.766. The summed E-state index contributed by atoms with van der Waals surface area (Å²) in [6.45, 7) is 5.10. The maximum absolute atomic E-state index is 13.1. The molecular weight excluding hydrogens is 352 g/mol. The first-order valence-corrected chi connectivity index (χ1v) is 9.30. The number of rotatable bonds is 5. The van der Waals surface area contributed by atoms with Crippen LogP contribution in [-0.2, 0) is 13.1 Å². The van der Waals surface area contributed by atoms with Gasteiger partial charge in [-0.25, -0.2) is 14.3 Å². The van der Waals surface area contributed by atoms with E-state index in [9.17, 15) is 9.59 Å². The number of fused-ring (bicyclic) bond motifs is 1. The molecule has 26 heavy (non-hydrogen) atoms. The summed E-state index contributed by atoms with van der Waals surface area (Å²) in [4.78, 5) is 30.6. The average Bonchev–Trinajstić information content (AvgIpc) is 3.30. The van der Waals surface area contributed by atoms with E-state index in [2.05, 4.69) is 4.98 Å². The Bertz CT molecular complexity index is 1090. The van der Waals surface area contributed by atoms with Gasteiger partial charge < -0.3 is 4.57 Å². The number of hydrogen-bond acceptors (Lipinski definition) is 3. The van der Waals surface area contributed by atoms with Gasteiger partial charge in [0.1, 0.15) is 0 Å². The molecule has 1 saturated carbocycles. The number of halogens is 1. The van der Waals surface area contributed by atoms with E-state index in [-0.39, 0.29) is 17.2 Å². The Morgan fingerprint density at radius 3 is 2.69 bits per heavy atom. The van der Waals surface area contributed by atoms with Crippen molar-refractivity contribution in [1.82, 2.24) is 18.7 Å². The van der Waals surface area contributed by atoms with Gasteiger partial charge in [-0.2, -0.15) is 0 Å². The molecule has 0 saturated heterocycles. The number of benzene rings is 1. The van der Waals surface area contributed by atoms with E-state index in [1.165, 1.54) is 22.0 Å². The predicted octanol–water partition coefficient (Wildman–Crippen LogP) is 3.07. The van der Waals surface area contributed by atoms with Gasteiger partial charge >= 0.3 is 5.69 Å². The fourth-order valence-electron chi connectivity index (χ4n) is 3.27. The summed E-state index contributed by atoms with van der Waals surface area (Å²) in [6.07, 6.45) is 4.02. The molecule has 0 N–H and O–H groups in total. The monoisotopic (exact) mass is 372 g/mol. The topological polar surface area (TPSA) is 61.8 Å². The highest BCUT2D eigenvalue weighted by atomic mass is 35.5. The van der Waals surface area contributed by atoms with Crippen molar-refractivity contribution >= 4 is 22.8 Å². The molecule has 1 aliphatic rings. The second-order valence-electron chi connectivity index (χ2n) is 7.42. The Hall–Kier alpha value is -2.34. The normalized spacial score (nSPS) is 14.5. The standard InChI is InChI=1S/C19H21ClN4O2/c1-12(2)9-23-18(25)16-17(21-11-22(16)10-13-6-7-13)24(19(23)26)15-5-3-4-14(20)8-15/h3-5,8,11-13H,6-7,9-10H2,1-2H3. The van der Waals surface area contributed by atoms with Gasteiger partial charge in [0.15, 0.2) is 11.2 Å². The predicted molar refractivity (Wildman–Crippen MR) is 102 cm³/mol. The first kappa shape index (κ1) is 17.1. The number of hydrogen-bond donors (Lipinski definition) is 0. The molecule has 1 aliphatic carbocycles. The van der Waals surface area contributed by atoms with Crippen LogP contribution in [0.2, 0.25) is 5.02 Å².